The first-order valence-electron chi connectivity index (χ1n) is 11.0. The first-order chi connectivity index (χ1) is 17.1. The van der Waals surface area contributed by atoms with Crippen LogP contribution in [-0.4, -0.2) is 79.8 Å². The SMILES string of the molecule is COCCOC(=O)N1CC2CCC(C(=O)O)(C1)N2S(=O)(=O)c1ccc(Oc2ccc(F)cc2)c(F)c1. The maximum atomic E-state index is 14.8. The highest BCUT2D eigenvalue weighted by molar-refractivity contribution is 7.89. The van der Waals surface area contributed by atoms with Gasteiger partial charge < -0.3 is 24.2 Å². The Bertz CT molecular complexity index is 1260. The molecule has 1 N–H and O–H groups in total. The Hall–Kier alpha value is -3.29. The highest BCUT2D eigenvalue weighted by Crippen LogP contribution is 2.44. The lowest BCUT2D eigenvalue weighted by atomic mass is 9.97. The van der Waals surface area contributed by atoms with Crippen molar-refractivity contribution in [3.8, 4) is 11.5 Å². The van der Waals surface area contributed by atoms with Crippen LogP contribution < -0.4 is 4.74 Å². The lowest BCUT2D eigenvalue weighted by molar-refractivity contribution is -0.150. The largest absolute Gasteiger partial charge is 0.480 e. The van der Waals surface area contributed by atoms with Crippen molar-refractivity contribution in [3.63, 3.8) is 0 Å². The summed E-state index contributed by atoms with van der Waals surface area (Å²) >= 11 is 0. The number of benzene rings is 2. The number of likely N-dealkylation sites (tertiary alicyclic amines) is 1. The molecule has 2 heterocycles. The van der Waals surface area contributed by atoms with Gasteiger partial charge in [-0.3, -0.25) is 4.79 Å². The number of sulfonamides is 1. The molecule has 2 aromatic carbocycles. The van der Waals surface area contributed by atoms with E-state index >= 15 is 0 Å². The molecule has 2 atom stereocenters. The zero-order valence-electron chi connectivity index (χ0n) is 19.2. The molecular weight excluding hydrogens is 502 g/mol. The van der Waals surface area contributed by atoms with E-state index in [1.807, 2.05) is 0 Å². The summed E-state index contributed by atoms with van der Waals surface area (Å²) in [6, 6.07) is 6.94. The highest BCUT2D eigenvalue weighted by atomic mass is 32.2. The molecule has 2 aromatic rings. The van der Waals surface area contributed by atoms with Crippen LogP contribution in [0.25, 0.3) is 0 Å². The van der Waals surface area contributed by atoms with E-state index in [1.165, 1.54) is 24.1 Å². The van der Waals surface area contributed by atoms with Gasteiger partial charge in [0.05, 0.1) is 18.0 Å². The van der Waals surface area contributed by atoms with Crippen LogP contribution in [0.5, 0.6) is 11.5 Å². The van der Waals surface area contributed by atoms with Crippen LogP contribution in [0.1, 0.15) is 12.8 Å². The molecule has 2 aliphatic rings. The number of hydrogen-bond donors (Lipinski definition) is 1. The van der Waals surface area contributed by atoms with Gasteiger partial charge in [0.1, 0.15) is 18.2 Å². The number of aliphatic carboxylic acids is 1. The number of carbonyl (C=O) groups is 2. The Labute approximate surface area is 206 Å². The minimum absolute atomic E-state index is 0.0255. The zero-order valence-corrected chi connectivity index (χ0v) is 20.0. The molecule has 13 heteroatoms. The monoisotopic (exact) mass is 526 g/mol. The number of nitrogens with zero attached hydrogens (tertiary/aromatic N) is 2. The summed E-state index contributed by atoms with van der Waals surface area (Å²) < 4.78 is 71.2. The van der Waals surface area contributed by atoms with Crippen molar-refractivity contribution in [2.45, 2.75) is 29.3 Å². The van der Waals surface area contributed by atoms with E-state index in [4.69, 9.17) is 14.2 Å². The molecule has 0 aliphatic carbocycles. The maximum absolute atomic E-state index is 14.8. The normalized spacial score (nSPS) is 21.9. The summed E-state index contributed by atoms with van der Waals surface area (Å²) in [4.78, 5) is 25.5. The van der Waals surface area contributed by atoms with Crippen molar-refractivity contribution >= 4 is 22.1 Å². The fourth-order valence-electron chi connectivity index (χ4n) is 4.54. The van der Waals surface area contributed by atoms with Gasteiger partial charge in [0.2, 0.25) is 10.0 Å². The molecule has 0 saturated carbocycles. The quantitative estimate of drug-likeness (QED) is 0.521. The van der Waals surface area contributed by atoms with E-state index in [9.17, 15) is 31.9 Å². The summed E-state index contributed by atoms with van der Waals surface area (Å²) in [6.07, 6.45) is -0.598. The molecule has 2 saturated heterocycles. The Morgan fingerprint density at radius 1 is 1.14 bits per heavy atom. The van der Waals surface area contributed by atoms with E-state index in [-0.39, 0.29) is 44.1 Å². The standard InChI is InChI=1S/C23H24F2N2O8S/c1-33-10-11-34-22(30)26-13-16-8-9-23(14-26,21(28)29)27(16)36(31,32)18-6-7-20(19(25)12-18)35-17-4-2-15(24)3-5-17/h2-7,12,16H,8-11,13-14H2,1H3,(H,28,29). The fourth-order valence-corrected chi connectivity index (χ4v) is 6.51. The van der Waals surface area contributed by atoms with Gasteiger partial charge in [0.25, 0.3) is 0 Å². The Morgan fingerprint density at radius 3 is 2.50 bits per heavy atom. The minimum Gasteiger partial charge on any atom is -0.480 e. The highest BCUT2D eigenvalue weighted by Gasteiger charge is 2.62. The number of methoxy groups -OCH3 is 1. The zero-order chi connectivity index (χ0) is 26.1. The molecule has 1 amide bonds. The third kappa shape index (κ3) is 4.73. The average molecular weight is 527 g/mol. The number of ether oxygens (including phenoxy) is 3. The van der Waals surface area contributed by atoms with Gasteiger partial charge in [0, 0.05) is 19.7 Å². The molecule has 10 nitrogen and oxygen atoms in total. The van der Waals surface area contributed by atoms with E-state index in [0.717, 1.165) is 34.6 Å². The van der Waals surface area contributed by atoms with Crippen LogP contribution in [0.3, 0.4) is 0 Å². The summed E-state index contributed by atoms with van der Waals surface area (Å²) in [7, 11) is -3.05. The van der Waals surface area contributed by atoms with E-state index in [1.54, 1.807) is 0 Å². The van der Waals surface area contributed by atoms with Gasteiger partial charge in [-0.05, 0) is 55.3 Å². The van der Waals surface area contributed by atoms with Crippen LogP contribution in [0, 0.1) is 11.6 Å². The molecule has 194 valence electrons. The number of carboxylic acids is 1. The molecule has 4 rings (SSSR count). The fraction of sp³-hybridized carbons (Fsp3) is 0.391. The Kier molecular flexibility index (Phi) is 7.16. The van der Waals surface area contributed by atoms with Gasteiger partial charge in [-0.25, -0.2) is 22.0 Å². The molecular formula is C23H24F2N2O8S. The first-order valence-corrected chi connectivity index (χ1v) is 12.4. The average Bonchev–Trinajstić information content (AvgIpc) is 3.10. The summed E-state index contributed by atoms with van der Waals surface area (Å²) in [5.74, 6) is -3.07. The minimum atomic E-state index is -4.48. The lowest BCUT2D eigenvalue weighted by Crippen LogP contribution is -2.67. The van der Waals surface area contributed by atoms with Crippen molar-refractivity contribution < 1.29 is 46.1 Å². The number of rotatable bonds is 8. The van der Waals surface area contributed by atoms with Crippen molar-refractivity contribution in [2.24, 2.45) is 0 Å². The van der Waals surface area contributed by atoms with E-state index in [0.29, 0.717) is 0 Å². The number of carbonyl (C=O) groups excluding carboxylic acids is 1. The number of fused-ring (bicyclic) bond motifs is 2. The number of halogens is 2. The van der Waals surface area contributed by atoms with Gasteiger partial charge in [0.15, 0.2) is 17.1 Å². The van der Waals surface area contributed by atoms with Crippen LogP contribution >= 0.6 is 0 Å². The van der Waals surface area contributed by atoms with Crippen LogP contribution in [-0.2, 0) is 24.3 Å². The number of piperazine rings is 1. The van der Waals surface area contributed by atoms with Gasteiger partial charge >= 0.3 is 12.1 Å². The Morgan fingerprint density at radius 2 is 1.86 bits per heavy atom. The first kappa shape index (κ1) is 25.8. The van der Waals surface area contributed by atoms with Crippen LogP contribution in [0.4, 0.5) is 13.6 Å². The second kappa shape index (κ2) is 9.99. The maximum Gasteiger partial charge on any atom is 0.409 e. The molecule has 0 spiro atoms. The van der Waals surface area contributed by atoms with Gasteiger partial charge in [-0.2, -0.15) is 4.31 Å². The van der Waals surface area contributed by atoms with Gasteiger partial charge in [-0.15, -0.1) is 0 Å². The number of amides is 1. The predicted molar refractivity (Wildman–Crippen MR) is 120 cm³/mol. The van der Waals surface area contributed by atoms with Crippen molar-refractivity contribution in [1.29, 1.82) is 0 Å². The second-order valence-electron chi connectivity index (χ2n) is 8.47. The third-order valence-electron chi connectivity index (χ3n) is 6.20. The molecule has 2 fully saturated rings. The summed E-state index contributed by atoms with van der Waals surface area (Å²) in [6.45, 7) is -0.378. The van der Waals surface area contributed by atoms with Crippen molar-refractivity contribution in [2.75, 3.05) is 33.4 Å². The van der Waals surface area contributed by atoms with Crippen molar-refractivity contribution in [1.82, 2.24) is 9.21 Å². The third-order valence-corrected chi connectivity index (χ3v) is 8.21. The number of carboxylic acid groups (broad SMARTS) is 1. The molecule has 0 aromatic heterocycles. The molecule has 36 heavy (non-hydrogen) atoms. The van der Waals surface area contributed by atoms with E-state index < -0.39 is 56.7 Å². The van der Waals surface area contributed by atoms with E-state index in [2.05, 4.69) is 0 Å². The molecule has 0 radical (unpaired) electrons. The van der Waals surface area contributed by atoms with Gasteiger partial charge in [-0.1, -0.05) is 0 Å². The number of hydrogen-bond acceptors (Lipinski definition) is 7. The summed E-state index contributed by atoms with van der Waals surface area (Å²) in [5.41, 5.74) is -1.93. The lowest BCUT2D eigenvalue weighted by Gasteiger charge is -2.44. The summed E-state index contributed by atoms with van der Waals surface area (Å²) in [5, 5.41) is 10.1. The molecule has 2 bridgehead atoms. The molecule has 2 unspecified atom stereocenters. The predicted octanol–water partition coefficient (Wildman–Crippen LogP) is 2.83. The molecule has 2 aliphatic heterocycles. The van der Waals surface area contributed by atoms with Crippen LogP contribution in [0.15, 0.2) is 47.4 Å². The second-order valence-corrected chi connectivity index (χ2v) is 10.3. The Balaban J connectivity index is 1.60. The topological polar surface area (TPSA) is 123 Å². The van der Waals surface area contributed by atoms with Crippen molar-refractivity contribution in [3.05, 3.63) is 54.1 Å². The smallest absolute Gasteiger partial charge is 0.409 e. The van der Waals surface area contributed by atoms with Crippen LogP contribution in [0.2, 0.25) is 0 Å².